The zero-order chi connectivity index (χ0) is 9.64. The fourth-order valence-corrected chi connectivity index (χ4v) is 1.94. The normalized spacial score (nSPS) is 21.5. The fourth-order valence-electron chi connectivity index (χ4n) is 1.57. The molecule has 1 aliphatic carbocycles. The van der Waals surface area contributed by atoms with Crippen LogP contribution < -0.4 is 5.73 Å². The molecule has 0 aromatic carbocycles. The van der Waals surface area contributed by atoms with Crippen molar-refractivity contribution in [3.63, 3.8) is 0 Å². The number of anilines is 1. The minimum atomic E-state index is 0.427. The van der Waals surface area contributed by atoms with E-state index in [1.165, 1.54) is 12.8 Å². The van der Waals surface area contributed by atoms with Crippen LogP contribution in [0.1, 0.15) is 32.7 Å². The number of hydrogen-bond donors (Lipinski definition) is 1. The van der Waals surface area contributed by atoms with Crippen molar-refractivity contribution in [2.24, 2.45) is 5.41 Å². The minimum Gasteiger partial charge on any atom is -0.383 e. The summed E-state index contributed by atoms with van der Waals surface area (Å²) in [6, 6.07) is 0.427. The Kier molecular flexibility index (Phi) is 2.05. The second-order valence-corrected chi connectivity index (χ2v) is 5.31. The van der Waals surface area contributed by atoms with Crippen LogP contribution in [0.3, 0.4) is 0 Å². The van der Waals surface area contributed by atoms with E-state index in [2.05, 4.69) is 41.5 Å². The summed E-state index contributed by atoms with van der Waals surface area (Å²) in [5.41, 5.74) is 6.35. The van der Waals surface area contributed by atoms with Crippen molar-refractivity contribution in [2.75, 3.05) is 5.73 Å². The standard InChI is InChI=1S/C9H14IN3/c1-6(9(2)3-4-9)13-8(11)7(10)5-12-13/h5-6H,3-4,11H2,1-2H3. The van der Waals surface area contributed by atoms with E-state index in [-0.39, 0.29) is 0 Å². The molecule has 2 rings (SSSR count). The first-order valence-electron chi connectivity index (χ1n) is 4.53. The number of hydrogen-bond acceptors (Lipinski definition) is 2. The van der Waals surface area contributed by atoms with E-state index in [1.807, 2.05) is 10.9 Å². The Morgan fingerprint density at radius 1 is 1.69 bits per heavy atom. The zero-order valence-corrected chi connectivity index (χ0v) is 10.1. The fraction of sp³-hybridized carbons (Fsp3) is 0.667. The monoisotopic (exact) mass is 291 g/mol. The van der Waals surface area contributed by atoms with Gasteiger partial charge >= 0.3 is 0 Å². The molecule has 1 unspecified atom stereocenters. The van der Waals surface area contributed by atoms with Crippen LogP contribution in [-0.2, 0) is 0 Å². The molecule has 1 fully saturated rings. The van der Waals surface area contributed by atoms with Crippen LogP contribution >= 0.6 is 22.6 Å². The van der Waals surface area contributed by atoms with Gasteiger partial charge in [0.2, 0.25) is 0 Å². The summed E-state index contributed by atoms with van der Waals surface area (Å²) in [4.78, 5) is 0. The second-order valence-electron chi connectivity index (χ2n) is 4.15. The van der Waals surface area contributed by atoms with Crippen molar-refractivity contribution in [2.45, 2.75) is 32.7 Å². The average molecular weight is 291 g/mol. The summed E-state index contributed by atoms with van der Waals surface area (Å²) < 4.78 is 3.00. The first-order valence-corrected chi connectivity index (χ1v) is 5.61. The van der Waals surface area contributed by atoms with Gasteiger partial charge in [-0.15, -0.1) is 0 Å². The van der Waals surface area contributed by atoms with Crippen LogP contribution in [0.2, 0.25) is 0 Å². The lowest BCUT2D eigenvalue weighted by Gasteiger charge is -2.20. The Morgan fingerprint density at radius 2 is 2.31 bits per heavy atom. The van der Waals surface area contributed by atoms with E-state index < -0.39 is 0 Å². The molecule has 1 saturated carbocycles. The summed E-state index contributed by atoms with van der Waals surface area (Å²) in [7, 11) is 0. The summed E-state index contributed by atoms with van der Waals surface area (Å²) in [5.74, 6) is 0.807. The van der Waals surface area contributed by atoms with Gasteiger partial charge in [-0.05, 0) is 47.8 Å². The number of nitrogens with zero attached hydrogens (tertiary/aromatic N) is 2. The first-order chi connectivity index (χ1) is 6.04. The van der Waals surface area contributed by atoms with E-state index in [1.54, 1.807) is 0 Å². The van der Waals surface area contributed by atoms with Crippen LogP contribution in [0.5, 0.6) is 0 Å². The SMILES string of the molecule is CC(n1ncc(I)c1N)C1(C)CC1. The van der Waals surface area contributed by atoms with Crippen LogP contribution in [0.4, 0.5) is 5.82 Å². The highest BCUT2D eigenvalue weighted by Crippen LogP contribution is 2.53. The molecule has 0 aliphatic heterocycles. The van der Waals surface area contributed by atoms with Gasteiger partial charge in [0.1, 0.15) is 5.82 Å². The Morgan fingerprint density at radius 3 is 2.69 bits per heavy atom. The van der Waals surface area contributed by atoms with E-state index in [0.29, 0.717) is 11.5 Å². The molecular formula is C9H14IN3. The van der Waals surface area contributed by atoms with Crippen LogP contribution in [0, 0.1) is 8.99 Å². The third-order valence-corrected chi connectivity index (χ3v) is 4.03. The smallest absolute Gasteiger partial charge is 0.135 e. The van der Waals surface area contributed by atoms with Crippen LogP contribution in [-0.4, -0.2) is 9.78 Å². The van der Waals surface area contributed by atoms with Crippen molar-refractivity contribution >= 4 is 28.4 Å². The van der Waals surface area contributed by atoms with E-state index in [4.69, 9.17) is 5.73 Å². The topological polar surface area (TPSA) is 43.8 Å². The molecule has 0 spiro atoms. The number of nitrogen functional groups attached to an aromatic ring is 1. The van der Waals surface area contributed by atoms with E-state index in [9.17, 15) is 0 Å². The zero-order valence-electron chi connectivity index (χ0n) is 7.92. The molecule has 1 atom stereocenters. The lowest BCUT2D eigenvalue weighted by Crippen LogP contribution is -2.18. The molecule has 1 aromatic heterocycles. The first kappa shape index (κ1) is 9.30. The minimum absolute atomic E-state index is 0.427. The highest BCUT2D eigenvalue weighted by atomic mass is 127. The third-order valence-electron chi connectivity index (χ3n) is 3.20. The lowest BCUT2D eigenvalue weighted by atomic mass is 10.0. The Bertz CT molecular complexity index is 328. The highest BCUT2D eigenvalue weighted by molar-refractivity contribution is 14.1. The summed E-state index contributed by atoms with van der Waals surface area (Å²) in [6.45, 7) is 4.50. The van der Waals surface area contributed by atoms with Gasteiger partial charge in [0.15, 0.2) is 0 Å². The quantitative estimate of drug-likeness (QED) is 0.850. The van der Waals surface area contributed by atoms with Gasteiger partial charge in [-0.2, -0.15) is 5.10 Å². The molecule has 1 aromatic rings. The number of rotatable bonds is 2. The summed E-state index contributed by atoms with van der Waals surface area (Å²) in [6.07, 6.45) is 4.42. The third kappa shape index (κ3) is 1.45. The van der Waals surface area contributed by atoms with Crippen molar-refractivity contribution in [3.05, 3.63) is 9.77 Å². The van der Waals surface area contributed by atoms with Crippen molar-refractivity contribution in [1.29, 1.82) is 0 Å². The average Bonchev–Trinajstić information content (AvgIpc) is 2.76. The molecule has 3 nitrogen and oxygen atoms in total. The number of halogens is 1. The van der Waals surface area contributed by atoms with Crippen LogP contribution in [0.15, 0.2) is 6.20 Å². The maximum Gasteiger partial charge on any atom is 0.135 e. The summed E-state index contributed by atoms with van der Waals surface area (Å²) >= 11 is 2.22. The number of nitrogens with two attached hydrogens (primary N) is 1. The lowest BCUT2D eigenvalue weighted by molar-refractivity contribution is 0.335. The molecular weight excluding hydrogens is 277 g/mol. The van der Waals surface area contributed by atoms with E-state index >= 15 is 0 Å². The Balaban J connectivity index is 2.30. The van der Waals surface area contributed by atoms with Crippen molar-refractivity contribution < 1.29 is 0 Å². The molecule has 1 aliphatic rings. The van der Waals surface area contributed by atoms with Gasteiger partial charge in [-0.1, -0.05) is 6.92 Å². The molecule has 0 bridgehead atoms. The predicted octanol–water partition coefficient (Wildman–Crippen LogP) is 2.43. The van der Waals surface area contributed by atoms with Gasteiger partial charge in [0, 0.05) is 0 Å². The summed E-state index contributed by atoms with van der Waals surface area (Å²) in [5, 5.41) is 4.31. The maximum absolute atomic E-state index is 5.92. The highest BCUT2D eigenvalue weighted by Gasteiger charge is 2.44. The van der Waals surface area contributed by atoms with Gasteiger partial charge in [0.05, 0.1) is 15.8 Å². The van der Waals surface area contributed by atoms with Crippen molar-refractivity contribution in [1.82, 2.24) is 9.78 Å². The molecule has 13 heavy (non-hydrogen) atoms. The molecule has 72 valence electrons. The molecule has 0 amide bonds. The van der Waals surface area contributed by atoms with E-state index in [0.717, 1.165) is 9.39 Å². The largest absolute Gasteiger partial charge is 0.383 e. The number of aromatic nitrogens is 2. The van der Waals surface area contributed by atoms with Gasteiger partial charge < -0.3 is 5.73 Å². The molecule has 4 heteroatoms. The Labute approximate surface area is 91.8 Å². The predicted molar refractivity (Wildman–Crippen MR) is 61.4 cm³/mol. The molecule has 0 radical (unpaired) electrons. The van der Waals surface area contributed by atoms with Gasteiger partial charge in [0.25, 0.3) is 0 Å². The molecule has 2 N–H and O–H groups in total. The second kappa shape index (κ2) is 2.87. The Hall–Kier alpha value is -0.260. The van der Waals surface area contributed by atoms with Crippen molar-refractivity contribution in [3.8, 4) is 0 Å². The van der Waals surface area contributed by atoms with Gasteiger partial charge in [-0.3, -0.25) is 0 Å². The van der Waals surface area contributed by atoms with Gasteiger partial charge in [-0.25, -0.2) is 4.68 Å². The molecule has 1 heterocycles. The van der Waals surface area contributed by atoms with Crippen LogP contribution in [0.25, 0.3) is 0 Å². The maximum atomic E-state index is 5.92. The molecule has 0 saturated heterocycles.